The van der Waals surface area contributed by atoms with Crippen LogP contribution < -0.4 is 16.0 Å². The molecule has 3 rings (SSSR count). The third-order valence-electron chi connectivity index (χ3n) is 4.00. The summed E-state index contributed by atoms with van der Waals surface area (Å²) in [5, 5.41) is 0. The van der Waals surface area contributed by atoms with Crippen LogP contribution in [0.1, 0.15) is 33.3 Å². The maximum absolute atomic E-state index is 14.3. The van der Waals surface area contributed by atoms with E-state index < -0.39 is 0 Å². The molecule has 21 heavy (non-hydrogen) atoms. The van der Waals surface area contributed by atoms with E-state index in [-0.39, 0.29) is 17.6 Å². The molecule has 1 aromatic carbocycles. The molecule has 0 fully saturated rings. The van der Waals surface area contributed by atoms with E-state index in [0.29, 0.717) is 12.0 Å². The van der Waals surface area contributed by atoms with E-state index in [4.69, 9.17) is 10.6 Å². The van der Waals surface area contributed by atoms with Crippen molar-refractivity contribution in [3.05, 3.63) is 51.0 Å². The van der Waals surface area contributed by atoms with Crippen molar-refractivity contribution in [2.45, 2.75) is 31.7 Å². The first kappa shape index (κ1) is 14.5. The zero-order valence-electron chi connectivity index (χ0n) is 12.0. The van der Waals surface area contributed by atoms with Crippen molar-refractivity contribution >= 4 is 11.3 Å². The molecule has 112 valence electrons. The minimum atomic E-state index is -0.302. The Kier molecular flexibility index (Phi) is 4.24. The number of methoxy groups -OCH3 is 1. The molecular formula is C16H19FN2OS. The number of nitrogens with one attached hydrogen (secondary N) is 1. The van der Waals surface area contributed by atoms with Gasteiger partial charge in [-0.2, -0.15) is 0 Å². The Morgan fingerprint density at radius 2 is 2.29 bits per heavy atom. The lowest BCUT2D eigenvalue weighted by atomic mass is 10.0. The molecule has 1 aliphatic rings. The van der Waals surface area contributed by atoms with Gasteiger partial charge < -0.3 is 4.74 Å². The first-order chi connectivity index (χ1) is 10.2. The second-order valence-corrected chi connectivity index (χ2v) is 6.48. The van der Waals surface area contributed by atoms with Gasteiger partial charge in [0.05, 0.1) is 13.2 Å². The van der Waals surface area contributed by atoms with Crippen molar-refractivity contribution in [1.29, 1.82) is 0 Å². The maximum Gasteiger partial charge on any atom is 0.168 e. The number of fused-ring (bicyclic) bond motifs is 1. The lowest BCUT2D eigenvalue weighted by molar-refractivity contribution is 0.382. The molecule has 0 amide bonds. The van der Waals surface area contributed by atoms with Gasteiger partial charge in [0.1, 0.15) is 0 Å². The van der Waals surface area contributed by atoms with Gasteiger partial charge >= 0.3 is 0 Å². The summed E-state index contributed by atoms with van der Waals surface area (Å²) in [5.74, 6) is 5.67. The Hall–Kier alpha value is -1.43. The van der Waals surface area contributed by atoms with Crippen LogP contribution >= 0.6 is 11.3 Å². The molecule has 5 heteroatoms. The summed E-state index contributed by atoms with van der Waals surface area (Å²) in [7, 11) is 1.48. The number of hydrogen-bond acceptors (Lipinski definition) is 4. The molecule has 0 aliphatic heterocycles. The molecule has 0 spiro atoms. The molecule has 0 radical (unpaired) electrons. The molecule has 0 saturated heterocycles. The largest absolute Gasteiger partial charge is 0.494 e. The predicted molar refractivity (Wildman–Crippen MR) is 83.1 cm³/mol. The van der Waals surface area contributed by atoms with Crippen molar-refractivity contribution < 1.29 is 9.13 Å². The predicted octanol–water partition coefficient (Wildman–Crippen LogP) is 3.13. The van der Waals surface area contributed by atoms with Gasteiger partial charge in [0.25, 0.3) is 0 Å². The fourth-order valence-corrected chi connectivity index (χ4v) is 4.17. The number of hydrazine groups is 1. The van der Waals surface area contributed by atoms with Crippen LogP contribution in [0.4, 0.5) is 4.39 Å². The summed E-state index contributed by atoms with van der Waals surface area (Å²) < 4.78 is 19.3. The minimum Gasteiger partial charge on any atom is -0.494 e. The van der Waals surface area contributed by atoms with Crippen LogP contribution in [-0.4, -0.2) is 7.11 Å². The van der Waals surface area contributed by atoms with Crippen molar-refractivity contribution in [3.8, 4) is 5.75 Å². The molecule has 1 atom stereocenters. The van der Waals surface area contributed by atoms with Crippen molar-refractivity contribution in [2.24, 2.45) is 5.84 Å². The standard InChI is InChI=1S/C16H19FN2OS/c1-20-13-6-2-5-11(16(13)17)8-12(19-18)15-9-10-4-3-7-14(10)21-15/h2,5-6,9,12,19H,3-4,7-8,18H2,1H3. The number of hydrogen-bond donors (Lipinski definition) is 2. The molecule has 1 aromatic heterocycles. The van der Waals surface area contributed by atoms with Gasteiger partial charge in [0.2, 0.25) is 0 Å². The Labute approximate surface area is 127 Å². The number of halogens is 1. The first-order valence-corrected chi connectivity index (χ1v) is 7.93. The zero-order chi connectivity index (χ0) is 14.8. The van der Waals surface area contributed by atoms with Gasteiger partial charge in [0, 0.05) is 9.75 Å². The number of benzene rings is 1. The first-order valence-electron chi connectivity index (χ1n) is 7.12. The van der Waals surface area contributed by atoms with Gasteiger partial charge in [-0.1, -0.05) is 12.1 Å². The molecular weight excluding hydrogens is 287 g/mol. The van der Waals surface area contributed by atoms with Crippen LogP contribution in [0.3, 0.4) is 0 Å². The van der Waals surface area contributed by atoms with Crippen LogP contribution in [0.5, 0.6) is 5.75 Å². The normalized spacial score (nSPS) is 15.0. The van der Waals surface area contributed by atoms with Crippen molar-refractivity contribution in [2.75, 3.05) is 7.11 Å². The number of ether oxygens (including phenoxy) is 1. The monoisotopic (exact) mass is 306 g/mol. The van der Waals surface area contributed by atoms with E-state index >= 15 is 0 Å². The van der Waals surface area contributed by atoms with E-state index in [1.165, 1.54) is 28.8 Å². The van der Waals surface area contributed by atoms with E-state index in [1.54, 1.807) is 29.5 Å². The Morgan fingerprint density at radius 3 is 3.00 bits per heavy atom. The quantitative estimate of drug-likeness (QED) is 0.659. The lowest BCUT2D eigenvalue weighted by Crippen LogP contribution is -2.29. The Bertz CT molecular complexity index is 620. The summed E-state index contributed by atoms with van der Waals surface area (Å²) in [6, 6.07) is 7.36. The van der Waals surface area contributed by atoms with E-state index in [1.807, 2.05) is 0 Å². The molecule has 1 unspecified atom stereocenters. The highest BCUT2D eigenvalue weighted by Gasteiger charge is 2.21. The minimum absolute atomic E-state index is 0.0674. The highest BCUT2D eigenvalue weighted by molar-refractivity contribution is 7.12. The highest BCUT2D eigenvalue weighted by Crippen LogP contribution is 2.35. The van der Waals surface area contributed by atoms with Crippen LogP contribution in [0.25, 0.3) is 0 Å². The second kappa shape index (κ2) is 6.13. The average molecular weight is 306 g/mol. The number of aryl methyl sites for hydroxylation is 2. The van der Waals surface area contributed by atoms with Crippen molar-refractivity contribution in [3.63, 3.8) is 0 Å². The smallest absolute Gasteiger partial charge is 0.168 e. The molecule has 3 nitrogen and oxygen atoms in total. The van der Waals surface area contributed by atoms with Gasteiger partial charge in [0.15, 0.2) is 11.6 Å². The summed E-state index contributed by atoms with van der Waals surface area (Å²) in [4.78, 5) is 2.64. The maximum atomic E-state index is 14.3. The second-order valence-electron chi connectivity index (χ2n) is 5.31. The van der Waals surface area contributed by atoms with Crippen LogP contribution in [0.2, 0.25) is 0 Å². The fraction of sp³-hybridized carbons (Fsp3) is 0.375. The van der Waals surface area contributed by atoms with Crippen LogP contribution in [0, 0.1) is 5.82 Å². The topological polar surface area (TPSA) is 47.3 Å². The number of thiophene rings is 1. The Morgan fingerprint density at radius 1 is 1.43 bits per heavy atom. The van der Waals surface area contributed by atoms with Crippen molar-refractivity contribution in [1.82, 2.24) is 5.43 Å². The third-order valence-corrected chi connectivity index (χ3v) is 5.35. The summed E-state index contributed by atoms with van der Waals surface area (Å²) >= 11 is 1.79. The number of rotatable bonds is 5. The molecule has 0 bridgehead atoms. The molecule has 2 aromatic rings. The van der Waals surface area contributed by atoms with Gasteiger partial charge in [-0.15, -0.1) is 11.3 Å². The fourth-order valence-electron chi connectivity index (χ4n) is 2.86. The van der Waals surface area contributed by atoms with E-state index in [0.717, 1.165) is 12.8 Å². The number of nitrogens with two attached hydrogens (primary N) is 1. The summed E-state index contributed by atoms with van der Waals surface area (Å²) in [5.41, 5.74) is 4.87. The van der Waals surface area contributed by atoms with Gasteiger partial charge in [-0.3, -0.25) is 11.3 Å². The van der Waals surface area contributed by atoms with E-state index in [2.05, 4.69) is 11.5 Å². The average Bonchev–Trinajstić information content (AvgIpc) is 3.07. The lowest BCUT2D eigenvalue weighted by Gasteiger charge is -2.16. The molecule has 3 N–H and O–H groups in total. The third kappa shape index (κ3) is 2.81. The summed E-state index contributed by atoms with van der Waals surface area (Å²) in [6.07, 6.45) is 4.06. The van der Waals surface area contributed by atoms with E-state index in [9.17, 15) is 4.39 Å². The molecule has 1 heterocycles. The van der Waals surface area contributed by atoms with Crippen LogP contribution in [0.15, 0.2) is 24.3 Å². The van der Waals surface area contributed by atoms with Gasteiger partial charge in [-0.25, -0.2) is 4.39 Å². The van der Waals surface area contributed by atoms with Crippen LogP contribution in [-0.2, 0) is 19.3 Å². The highest BCUT2D eigenvalue weighted by atomic mass is 32.1. The van der Waals surface area contributed by atoms with Gasteiger partial charge in [-0.05, 0) is 48.9 Å². The summed E-state index contributed by atoms with van der Waals surface area (Å²) in [6.45, 7) is 0. The Balaban J connectivity index is 1.84. The molecule has 0 saturated carbocycles. The SMILES string of the molecule is COc1cccc(CC(NN)c2cc3c(s2)CCC3)c1F. The molecule has 1 aliphatic carbocycles. The zero-order valence-corrected chi connectivity index (χ0v) is 12.8.